The Morgan fingerprint density at radius 3 is 2.33 bits per heavy atom. The van der Waals surface area contributed by atoms with Gasteiger partial charge in [0.1, 0.15) is 0 Å². The van der Waals surface area contributed by atoms with Crippen molar-refractivity contribution in [2.75, 3.05) is 13.1 Å². The Hall–Kier alpha value is -0.610. The number of hydrogen-bond acceptors (Lipinski definition) is 3. The summed E-state index contributed by atoms with van der Waals surface area (Å²) in [5.74, 6) is 0.740. The van der Waals surface area contributed by atoms with Crippen LogP contribution in [-0.4, -0.2) is 42.0 Å². The van der Waals surface area contributed by atoms with Crippen molar-refractivity contribution >= 4 is 5.91 Å². The highest BCUT2D eigenvalue weighted by atomic mass is 16.1. The minimum atomic E-state index is 0.0860. The zero-order chi connectivity index (χ0) is 16.0. The van der Waals surface area contributed by atoms with Crippen molar-refractivity contribution in [3.8, 4) is 0 Å². The molecule has 0 heterocycles. The first-order valence-corrected chi connectivity index (χ1v) is 8.62. The van der Waals surface area contributed by atoms with Gasteiger partial charge in [-0.25, -0.2) is 0 Å². The molecule has 4 heteroatoms. The van der Waals surface area contributed by atoms with E-state index >= 15 is 0 Å². The second-order valence-electron chi connectivity index (χ2n) is 7.19. The molecular weight excluding hydrogens is 262 g/mol. The van der Waals surface area contributed by atoms with Crippen LogP contribution in [-0.2, 0) is 4.79 Å². The number of nitrogens with one attached hydrogen (secondary N) is 1. The van der Waals surface area contributed by atoms with Gasteiger partial charge in [-0.3, -0.25) is 9.69 Å². The lowest BCUT2D eigenvalue weighted by Gasteiger charge is -2.32. The minimum absolute atomic E-state index is 0.0860. The van der Waals surface area contributed by atoms with Crippen molar-refractivity contribution in [3.05, 3.63) is 0 Å². The maximum Gasteiger partial charge on any atom is 0.223 e. The summed E-state index contributed by atoms with van der Waals surface area (Å²) in [4.78, 5) is 14.7. The molecule has 1 aliphatic rings. The minimum Gasteiger partial charge on any atom is -0.355 e. The third kappa shape index (κ3) is 5.95. The third-order valence-corrected chi connectivity index (χ3v) is 4.87. The maximum absolute atomic E-state index is 12.3. The van der Waals surface area contributed by atoms with Crippen LogP contribution in [0.1, 0.15) is 60.3 Å². The van der Waals surface area contributed by atoms with Crippen LogP contribution >= 0.6 is 0 Å². The van der Waals surface area contributed by atoms with Crippen molar-refractivity contribution in [2.24, 2.45) is 17.6 Å². The van der Waals surface area contributed by atoms with Gasteiger partial charge in [-0.15, -0.1) is 0 Å². The van der Waals surface area contributed by atoms with Gasteiger partial charge in [0.05, 0.1) is 0 Å². The zero-order valence-corrected chi connectivity index (χ0v) is 14.6. The molecule has 3 atom stereocenters. The van der Waals surface area contributed by atoms with Crippen molar-refractivity contribution in [1.29, 1.82) is 0 Å². The summed E-state index contributed by atoms with van der Waals surface area (Å²) in [5.41, 5.74) is 6.03. The molecule has 0 saturated heterocycles. The summed E-state index contributed by atoms with van der Waals surface area (Å²) < 4.78 is 0. The Morgan fingerprint density at radius 2 is 1.81 bits per heavy atom. The molecule has 1 fully saturated rings. The van der Waals surface area contributed by atoms with Gasteiger partial charge < -0.3 is 11.1 Å². The smallest absolute Gasteiger partial charge is 0.223 e. The van der Waals surface area contributed by atoms with Crippen LogP contribution in [0, 0.1) is 11.8 Å². The van der Waals surface area contributed by atoms with Gasteiger partial charge in [-0.1, -0.05) is 13.3 Å². The number of nitrogens with two attached hydrogens (primary N) is 1. The largest absolute Gasteiger partial charge is 0.355 e. The standard InChI is InChI=1S/C17H35N3O/c1-12(2)20(13(3)4)10-9-19-17(21)14(5)15-7-6-8-16(18)11-15/h12-16H,6-11,18H2,1-5H3,(H,19,21). The molecule has 3 N–H and O–H groups in total. The van der Waals surface area contributed by atoms with Crippen molar-refractivity contribution in [1.82, 2.24) is 10.2 Å². The van der Waals surface area contributed by atoms with E-state index in [0.717, 1.165) is 38.8 Å². The second kappa shape index (κ2) is 8.74. The van der Waals surface area contributed by atoms with Crippen molar-refractivity contribution in [3.63, 3.8) is 0 Å². The molecule has 3 unspecified atom stereocenters. The fraction of sp³-hybridized carbons (Fsp3) is 0.941. The van der Waals surface area contributed by atoms with E-state index in [0.29, 0.717) is 18.0 Å². The van der Waals surface area contributed by atoms with Gasteiger partial charge in [0.25, 0.3) is 0 Å². The van der Waals surface area contributed by atoms with Crippen LogP contribution in [0.5, 0.6) is 0 Å². The average molecular weight is 297 g/mol. The van der Waals surface area contributed by atoms with Gasteiger partial charge in [-0.2, -0.15) is 0 Å². The van der Waals surface area contributed by atoms with E-state index in [-0.39, 0.29) is 17.9 Å². The number of amides is 1. The predicted octanol–water partition coefficient (Wildman–Crippen LogP) is 2.38. The molecule has 0 aromatic heterocycles. The lowest BCUT2D eigenvalue weighted by atomic mass is 9.78. The van der Waals surface area contributed by atoms with Crippen LogP contribution < -0.4 is 11.1 Å². The highest BCUT2D eigenvalue weighted by Gasteiger charge is 2.28. The number of rotatable bonds is 7. The van der Waals surface area contributed by atoms with Crippen LogP contribution in [0.25, 0.3) is 0 Å². The van der Waals surface area contributed by atoms with E-state index in [2.05, 4.69) is 44.8 Å². The average Bonchev–Trinajstić information content (AvgIpc) is 2.41. The molecule has 0 aromatic carbocycles. The molecule has 1 aliphatic carbocycles. The molecule has 1 amide bonds. The van der Waals surface area contributed by atoms with Gasteiger partial charge in [0, 0.05) is 37.1 Å². The topological polar surface area (TPSA) is 58.4 Å². The van der Waals surface area contributed by atoms with E-state index in [1.165, 1.54) is 0 Å². The Labute approximate surface area is 130 Å². The maximum atomic E-state index is 12.3. The third-order valence-electron chi connectivity index (χ3n) is 4.87. The zero-order valence-electron chi connectivity index (χ0n) is 14.6. The first-order chi connectivity index (χ1) is 9.82. The number of hydrogen-bond donors (Lipinski definition) is 2. The summed E-state index contributed by atoms with van der Waals surface area (Å²) in [6, 6.07) is 1.31. The second-order valence-corrected chi connectivity index (χ2v) is 7.19. The first-order valence-electron chi connectivity index (χ1n) is 8.62. The summed E-state index contributed by atoms with van der Waals surface area (Å²) in [6.07, 6.45) is 4.42. The summed E-state index contributed by atoms with van der Waals surface area (Å²) >= 11 is 0. The van der Waals surface area contributed by atoms with Crippen LogP contribution in [0.15, 0.2) is 0 Å². The summed E-state index contributed by atoms with van der Waals surface area (Å²) in [5, 5.41) is 3.11. The molecule has 1 rings (SSSR count). The van der Waals surface area contributed by atoms with E-state index < -0.39 is 0 Å². The molecule has 124 valence electrons. The van der Waals surface area contributed by atoms with Gasteiger partial charge >= 0.3 is 0 Å². The summed E-state index contributed by atoms with van der Waals surface area (Å²) in [6.45, 7) is 12.5. The van der Waals surface area contributed by atoms with Crippen LogP contribution in [0.4, 0.5) is 0 Å². The molecule has 0 spiro atoms. The fourth-order valence-electron chi connectivity index (χ4n) is 3.52. The highest BCUT2D eigenvalue weighted by molar-refractivity contribution is 5.78. The quantitative estimate of drug-likeness (QED) is 0.758. The Kier molecular flexibility index (Phi) is 7.67. The molecule has 21 heavy (non-hydrogen) atoms. The predicted molar refractivity (Wildman–Crippen MR) is 89.1 cm³/mol. The Balaban J connectivity index is 2.35. The number of carbonyl (C=O) groups is 1. The van der Waals surface area contributed by atoms with Gasteiger partial charge in [0.2, 0.25) is 5.91 Å². The molecule has 0 aliphatic heterocycles. The normalized spacial score (nSPS) is 24.6. The monoisotopic (exact) mass is 297 g/mol. The number of nitrogens with zero attached hydrogens (tertiary/aromatic N) is 1. The van der Waals surface area contributed by atoms with Crippen LogP contribution in [0.2, 0.25) is 0 Å². The van der Waals surface area contributed by atoms with E-state index in [4.69, 9.17) is 5.73 Å². The summed E-state index contributed by atoms with van der Waals surface area (Å²) in [7, 11) is 0. The fourth-order valence-corrected chi connectivity index (χ4v) is 3.52. The lowest BCUT2D eigenvalue weighted by molar-refractivity contribution is -0.126. The Morgan fingerprint density at radius 1 is 1.19 bits per heavy atom. The first kappa shape index (κ1) is 18.4. The van der Waals surface area contributed by atoms with E-state index in [1.54, 1.807) is 0 Å². The SMILES string of the molecule is CC(C(=O)NCCN(C(C)C)C(C)C)C1CCCC(N)C1. The Bertz CT molecular complexity index is 309. The van der Waals surface area contributed by atoms with E-state index in [1.807, 2.05) is 0 Å². The highest BCUT2D eigenvalue weighted by Crippen LogP contribution is 2.29. The molecule has 4 nitrogen and oxygen atoms in total. The van der Waals surface area contributed by atoms with E-state index in [9.17, 15) is 4.79 Å². The lowest BCUT2D eigenvalue weighted by Crippen LogP contribution is -2.44. The van der Waals surface area contributed by atoms with Gasteiger partial charge in [0.15, 0.2) is 0 Å². The molecule has 0 radical (unpaired) electrons. The number of carbonyl (C=O) groups excluding carboxylic acids is 1. The molecular formula is C17H35N3O. The van der Waals surface area contributed by atoms with Crippen molar-refractivity contribution in [2.45, 2.75) is 78.4 Å². The van der Waals surface area contributed by atoms with Crippen LogP contribution in [0.3, 0.4) is 0 Å². The molecule has 0 bridgehead atoms. The molecule has 1 saturated carbocycles. The van der Waals surface area contributed by atoms with Gasteiger partial charge in [-0.05, 0) is 52.9 Å². The van der Waals surface area contributed by atoms with Crippen molar-refractivity contribution < 1.29 is 4.79 Å². The molecule has 0 aromatic rings.